The van der Waals surface area contributed by atoms with Gasteiger partial charge >= 0.3 is 0 Å². The van der Waals surface area contributed by atoms with Crippen LogP contribution >= 0.6 is 11.8 Å². The Bertz CT molecular complexity index is 1630. The summed E-state index contributed by atoms with van der Waals surface area (Å²) in [5, 5.41) is 80.4. The molecule has 0 amide bonds. The Balaban J connectivity index is 1.25. The first-order chi connectivity index (χ1) is 22.1. The minimum Gasteiger partial charge on any atom is -0.394 e. The molecule has 2 aliphatic heterocycles. The molecule has 46 heavy (non-hydrogen) atoms. The Morgan fingerprint density at radius 3 is 1.74 bits per heavy atom. The van der Waals surface area contributed by atoms with E-state index in [1.807, 2.05) is 0 Å². The second-order valence-electron chi connectivity index (χ2n) is 10.7. The summed E-state index contributed by atoms with van der Waals surface area (Å²) < 4.78 is 54.9. The molecule has 0 aliphatic carbocycles. The zero-order valence-electron chi connectivity index (χ0n) is 23.5. The highest BCUT2D eigenvalue weighted by molar-refractivity contribution is 8.00. The van der Waals surface area contributed by atoms with Crippen molar-refractivity contribution in [2.45, 2.75) is 59.6 Å². The third-order valence-corrected chi connectivity index (χ3v) is 9.12. The van der Waals surface area contributed by atoms with Crippen LogP contribution in [0.2, 0.25) is 0 Å². The number of ether oxygens (including phenoxy) is 2. The summed E-state index contributed by atoms with van der Waals surface area (Å²) in [4.78, 5) is 4.21. The van der Waals surface area contributed by atoms with Crippen molar-refractivity contribution in [2.75, 3.05) is 13.2 Å². The van der Waals surface area contributed by atoms with Gasteiger partial charge in [0, 0.05) is 11.8 Å². The molecule has 0 spiro atoms. The smallest absolute Gasteiger partial charge is 0.194 e. The molecular weight excluding hydrogens is 639 g/mol. The van der Waals surface area contributed by atoms with E-state index in [0.29, 0.717) is 23.5 Å². The molecule has 0 saturated carbocycles. The third kappa shape index (κ3) is 6.00. The Hall–Kier alpha value is -3.53. The van der Waals surface area contributed by atoms with E-state index in [4.69, 9.17) is 9.47 Å². The number of nitrogens with zero attached hydrogens (tertiary/aromatic N) is 7. The predicted octanol–water partition coefficient (Wildman–Crippen LogP) is -0.591. The summed E-state index contributed by atoms with van der Waals surface area (Å²) in [5.41, 5.74) is -2.02. The minimum absolute atomic E-state index is 0.111. The lowest BCUT2D eigenvalue weighted by Gasteiger charge is -2.46. The number of hydrogen-bond acceptors (Lipinski definition) is 14. The van der Waals surface area contributed by atoms with Crippen LogP contribution < -0.4 is 0 Å². The van der Waals surface area contributed by atoms with Crippen molar-refractivity contribution in [3.8, 4) is 22.6 Å². The summed E-state index contributed by atoms with van der Waals surface area (Å²) in [6.45, 7) is -1.36. The molecule has 2 aliphatic rings. The van der Waals surface area contributed by atoms with Crippen molar-refractivity contribution in [3.05, 3.63) is 66.4 Å². The van der Waals surface area contributed by atoms with Gasteiger partial charge in [-0.2, -0.15) is 0 Å². The maximum absolute atomic E-state index is 13.8. The highest BCUT2D eigenvalue weighted by atomic mass is 32.2. The molecule has 1 aromatic carbocycles. The van der Waals surface area contributed by atoms with Crippen LogP contribution in [0.15, 0.2) is 48.9 Å². The molecule has 3 aromatic heterocycles. The molecule has 4 aromatic rings. The predicted molar refractivity (Wildman–Crippen MR) is 150 cm³/mol. The SMILES string of the molecule is OCC1O[C@@H](S[C@@H]2O[C@H](CO)C(O)C(n3cc(-c4ccccn4)nn3)[C@H]2O)C(O)C(n2cc(-c3cc(F)c(F)c(F)c3)nn2)[C@H]1O. The van der Waals surface area contributed by atoms with Crippen LogP contribution in [-0.2, 0) is 9.47 Å². The van der Waals surface area contributed by atoms with Gasteiger partial charge in [0.15, 0.2) is 17.5 Å². The monoisotopic (exact) mass is 667 g/mol. The van der Waals surface area contributed by atoms with Crippen LogP contribution in [0.3, 0.4) is 0 Å². The van der Waals surface area contributed by atoms with Gasteiger partial charge in [-0.05, 0) is 24.3 Å². The molecule has 19 heteroatoms. The number of pyridine rings is 1. The van der Waals surface area contributed by atoms with E-state index in [0.717, 1.165) is 22.6 Å². The van der Waals surface area contributed by atoms with Gasteiger partial charge in [-0.15, -0.1) is 10.2 Å². The quantitative estimate of drug-likeness (QED) is 0.130. The summed E-state index contributed by atoms with van der Waals surface area (Å²) in [7, 11) is 0. The van der Waals surface area contributed by atoms with Crippen LogP contribution in [0.1, 0.15) is 12.1 Å². The summed E-state index contributed by atoms with van der Waals surface area (Å²) in [5.74, 6) is -4.58. The maximum Gasteiger partial charge on any atom is 0.194 e. The Morgan fingerprint density at radius 2 is 1.24 bits per heavy atom. The lowest BCUT2D eigenvalue weighted by molar-refractivity contribution is -0.189. The van der Waals surface area contributed by atoms with Crippen molar-refractivity contribution in [3.63, 3.8) is 0 Å². The minimum atomic E-state index is -1.67. The van der Waals surface area contributed by atoms with Crippen LogP contribution in [0.4, 0.5) is 13.2 Å². The molecule has 15 nitrogen and oxygen atoms in total. The highest BCUT2D eigenvalue weighted by Crippen LogP contribution is 2.42. The van der Waals surface area contributed by atoms with Crippen LogP contribution in [0.5, 0.6) is 0 Å². The number of rotatable bonds is 8. The molecule has 0 bridgehead atoms. The fourth-order valence-electron chi connectivity index (χ4n) is 5.43. The van der Waals surface area contributed by atoms with Gasteiger partial charge in [0.2, 0.25) is 0 Å². The molecule has 246 valence electrons. The molecule has 5 unspecified atom stereocenters. The average Bonchev–Trinajstić information content (AvgIpc) is 3.74. The van der Waals surface area contributed by atoms with E-state index in [1.165, 1.54) is 10.9 Å². The normalized spacial score (nSPS) is 31.7. The first kappa shape index (κ1) is 32.4. The average molecular weight is 668 g/mol. The van der Waals surface area contributed by atoms with Crippen molar-refractivity contribution >= 4 is 11.8 Å². The van der Waals surface area contributed by atoms with Crippen molar-refractivity contribution in [1.29, 1.82) is 0 Å². The molecule has 0 radical (unpaired) electrons. The summed E-state index contributed by atoms with van der Waals surface area (Å²) in [6, 6.07) is 4.05. The van der Waals surface area contributed by atoms with E-state index in [9.17, 15) is 43.8 Å². The van der Waals surface area contributed by atoms with Gasteiger partial charge in [0.1, 0.15) is 71.0 Å². The van der Waals surface area contributed by atoms with Crippen molar-refractivity contribution in [1.82, 2.24) is 35.0 Å². The summed E-state index contributed by atoms with van der Waals surface area (Å²) in [6.07, 6.45) is -4.46. The van der Waals surface area contributed by atoms with Gasteiger partial charge in [-0.3, -0.25) is 4.98 Å². The molecule has 2 saturated heterocycles. The van der Waals surface area contributed by atoms with Gasteiger partial charge in [0.05, 0.1) is 31.3 Å². The first-order valence-corrected chi connectivity index (χ1v) is 14.9. The fourth-order valence-corrected chi connectivity index (χ4v) is 6.75. The zero-order chi connectivity index (χ0) is 32.7. The van der Waals surface area contributed by atoms with Crippen LogP contribution in [0.25, 0.3) is 22.6 Å². The number of aliphatic hydroxyl groups is 6. The Morgan fingerprint density at radius 1 is 0.717 bits per heavy atom. The Labute approximate surface area is 261 Å². The first-order valence-electron chi connectivity index (χ1n) is 13.9. The van der Waals surface area contributed by atoms with E-state index >= 15 is 0 Å². The van der Waals surface area contributed by atoms with Gasteiger partial charge < -0.3 is 40.1 Å². The lowest BCUT2D eigenvalue weighted by atomic mass is 9.97. The number of thioether (sulfide) groups is 1. The topological polar surface area (TPSA) is 214 Å². The molecule has 6 rings (SSSR count). The fraction of sp³-hybridized carbons (Fsp3) is 0.444. The number of benzene rings is 1. The zero-order valence-corrected chi connectivity index (χ0v) is 24.3. The third-order valence-electron chi connectivity index (χ3n) is 7.80. The second kappa shape index (κ2) is 13.3. The highest BCUT2D eigenvalue weighted by Gasteiger charge is 2.51. The van der Waals surface area contributed by atoms with Crippen molar-refractivity contribution in [2.24, 2.45) is 0 Å². The van der Waals surface area contributed by atoms with Gasteiger partial charge in [-0.1, -0.05) is 28.3 Å². The van der Waals surface area contributed by atoms with Crippen molar-refractivity contribution < 1.29 is 53.3 Å². The largest absolute Gasteiger partial charge is 0.394 e. The number of aliphatic hydroxyl groups excluding tert-OH is 6. The van der Waals surface area contributed by atoms with Crippen LogP contribution in [-0.4, -0.2) is 126 Å². The molecule has 6 N–H and O–H groups in total. The lowest BCUT2D eigenvalue weighted by Crippen LogP contribution is -2.58. The van der Waals surface area contributed by atoms with E-state index < -0.39 is 90.2 Å². The molecule has 2 fully saturated rings. The molecule has 5 heterocycles. The summed E-state index contributed by atoms with van der Waals surface area (Å²) >= 11 is 0.744. The van der Waals surface area contributed by atoms with E-state index in [2.05, 4.69) is 25.6 Å². The van der Waals surface area contributed by atoms with E-state index in [-0.39, 0.29) is 11.3 Å². The second-order valence-corrected chi connectivity index (χ2v) is 11.9. The number of halogens is 3. The number of hydrogen-bond donors (Lipinski definition) is 6. The van der Waals surface area contributed by atoms with E-state index in [1.54, 1.807) is 24.4 Å². The Kier molecular flexibility index (Phi) is 9.37. The standard InChI is InChI=1S/C27H28F3N7O8S/c28-12-5-11(6-13(29)19(12)30)15-7-36(34-32-15)20-22(40)17(9-38)44-26(24(20)42)46-27-25(43)21(23(41)18(10-39)45-27)37-8-16(33-35-37)14-3-1-2-4-31-14/h1-8,17-18,20-27,38-43H,9-10H2/t17?,18-,20?,21?,22+,23?,24?,25-,26+,27+/m1/s1. The van der Waals surface area contributed by atoms with Crippen LogP contribution in [0, 0.1) is 17.5 Å². The maximum atomic E-state index is 13.8. The van der Waals surface area contributed by atoms with Gasteiger partial charge in [-0.25, -0.2) is 22.5 Å². The molecule has 10 atom stereocenters. The van der Waals surface area contributed by atoms with Gasteiger partial charge in [0.25, 0.3) is 0 Å². The molecular formula is C27H28F3N7O8S. The number of aromatic nitrogens is 7.